The Bertz CT molecular complexity index is 540. The van der Waals surface area contributed by atoms with Crippen molar-refractivity contribution in [3.05, 3.63) is 16.5 Å². The summed E-state index contributed by atoms with van der Waals surface area (Å²) < 4.78 is 26.4. The summed E-state index contributed by atoms with van der Waals surface area (Å²) in [5.41, 5.74) is 0. The van der Waals surface area contributed by atoms with Gasteiger partial charge in [-0.2, -0.15) is 0 Å². The normalized spacial score (nSPS) is 13.5. The van der Waals surface area contributed by atoms with Gasteiger partial charge in [0.1, 0.15) is 4.21 Å². The molecule has 0 radical (unpaired) electrons. The number of hydrogen-bond donors (Lipinski definition) is 2. The second kappa shape index (κ2) is 6.69. The largest absolute Gasteiger partial charge is 0.352 e. The molecule has 1 rings (SSSR count). The molecule has 1 aromatic rings. The smallest absolute Gasteiger partial charge is 0.250 e. The molecule has 0 saturated carbocycles. The fourth-order valence-corrected chi connectivity index (χ4v) is 3.65. The molecule has 0 saturated heterocycles. The highest BCUT2D eigenvalue weighted by atomic mass is 35.5. The SMILES string of the molecule is CC(C)[C@@H](C)NC(=O)CNS(=O)(=O)c1ccc(Cl)s1. The van der Waals surface area contributed by atoms with Crippen molar-refractivity contribution in [3.63, 3.8) is 0 Å². The molecule has 2 N–H and O–H groups in total. The molecular formula is C11H17ClN2O3S2. The summed E-state index contributed by atoms with van der Waals surface area (Å²) in [5, 5.41) is 2.72. The van der Waals surface area contributed by atoms with Crippen molar-refractivity contribution in [2.75, 3.05) is 6.54 Å². The topological polar surface area (TPSA) is 75.3 Å². The molecule has 0 aliphatic rings. The van der Waals surface area contributed by atoms with Crippen LogP contribution >= 0.6 is 22.9 Å². The Morgan fingerprint density at radius 1 is 1.37 bits per heavy atom. The summed E-state index contributed by atoms with van der Waals surface area (Å²) in [5.74, 6) is -0.0657. The average molecular weight is 325 g/mol. The van der Waals surface area contributed by atoms with Crippen molar-refractivity contribution < 1.29 is 13.2 Å². The van der Waals surface area contributed by atoms with E-state index in [0.29, 0.717) is 4.34 Å². The second-order valence-corrected chi connectivity index (χ2v) is 8.19. The molecule has 1 aromatic heterocycles. The molecule has 0 aliphatic carbocycles. The third-order valence-corrected chi connectivity index (χ3v) is 5.75. The first-order valence-electron chi connectivity index (χ1n) is 5.76. The van der Waals surface area contributed by atoms with Crippen molar-refractivity contribution in [2.45, 2.75) is 31.0 Å². The van der Waals surface area contributed by atoms with Crippen LogP contribution in [-0.2, 0) is 14.8 Å². The summed E-state index contributed by atoms with van der Waals surface area (Å²) in [6.07, 6.45) is 0. The van der Waals surface area contributed by atoms with E-state index in [1.54, 1.807) is 0 Å². The Morgan fingerprint density at radius 3 is 2.47 bits per heavy atom. The van der Waals surface area contributed by atoms with Crippen LogP contribution in [0, 0.1) is 5.92 Å². The van der Waals surface area contributed by atoms with Gasteiger partial charge in [0.05, 0.1) is 10.9 Å². The number of thiophene rings is 1. The van der Waals surface area contributed by atoms with E-state index in [9.17, 15) is 13.2 Å². The molecule has 1 heterocycles. The first-order chi connectivity index (χ1) is 8.72. The van der Waals surface area contributed by atoms with Crippen LogP contribution in [0.25, 0.3) is 0 Å². The maximum Gasteiger partial charge on any atom is 0.250 e. The molecule has 0 aliphatic heterocycles. The van der Waals surface area contributed by atoms with Crippen molar-refractivity contribution in [3.8, 4) is 0 Å². The van der Waals surface area contributed by atoms with Gasteiger partial charge in [-0.25, -0.2) is 13.1 Å². The maximum absolute atomic E-state index is 11.8. The van der Waals surface area contributed by atoms with E-state index >= 15 is 0 Å². The van der Waals surface area contributed by atoms with E-state index < -0.39 is 10.0 Å². The third-order valence-electron chi connectivity index (χ3n) is 2.62. The lowest BCUT2D eigenvalue weighted by Gasteiger charge is -2.17. The number of rotatable bonds is 6. The highest BCUT2D eigenvalue weighted by Crippen LogP contribution is 2.25. The van der Waals surface area contributed by atoms with Crippen LogP contribution in [0.3, 0.4) is 0 Å². The van der Waals surface area contributed by atoms with Gasteiger partial charge in [-0.05, 0) is 25.0 Å². The van der Waals surface area contributed by atoms with Gasteiger partial charge >= 0.3 is 0 Å². The van der Waals surface area contributed by atoms with E-state index in [0.717, 1.165) is 11.3 Å². The lowest BCUT2D eigenvalue weighted by Crippen LogP contribution is -2.42. The van der Waals surface area contributed by atoms with E-state index in [-0.39, 0.29) is 28.6 Å². The monoisotopic (exact) mass is 324 g/mol. The van der Waals surface area contributed by atoms with Gasteiger partial charge in [0.15, 0.2) is 0 Å². The first kappa shape index (κ1) is 16.4. The molecule has 1 amide bonds. The molecule has 1 atom stereocenters. The zero-order chi connectivity index (χ0) is 14.6. The summed E-state index contributed by atoms with van der Waals surface area (Å²) in [6, 6.07) is 2.90. The number of carbonyl (C=O) groups excluding carboxylic acids is 1. The number of halogens is 1. The van der Waals surface area contributed by atoms with Crippen LogP contribution in [-0.4, -0.2) is 26.9 Å². The van der Waals surface area contributed by atoms with E-state index in [2.05, 4.69) is 10.0 Å². The Hall–Kier alpha value is -0.630. The fraction of sp³-hybridized carbons (Fsp3) is 0.545. The fourth-order valence-electron chi connectivity index (χ4n) is 1.15. The molecule has 0 fully saturated rings. The summed E-state index contributed by atoms with van der Waals surface area (Å²) in [4.78, 5) is 11.6. The van der Waals surface area contributed by atoms with Crippen LogP contribution in [0.15, 0.2) is 16.3 Å². The van der Waals surface area contributed by atoms with Crippen LogP contribution in [0.1, 0.15) is 20.8 Å². The zero-order valence-electron chi connectivity index (χ0n) is 10.9. The van der Waals surface area contributed by atoms with Crippen molar-refractivity contribution in [2.24, 2.45) is 5.92 Å². The van der Waals surface area contributed by atoms with Crippen LogP contribution in [0.5, 0.6) is 0 Å². The third kappa shape index (κ3) is 5.10. The van der Waals surface area contributed by atoms with Crippen molar-refractivity contribution >= 4 is 38.9 Å². The van der Waals surface area contributed by atoms with E-state index in [4.69, 9.17) is 11.6 Å². The van der Waals surface area contributed by atoms with Gasteiger partial charge in [-0.1, -0.05) is 25.4 Å². The van der Waals surface area contributed by atoms with E-state index in [1.165, 1.54) is 12.1 Å². The Balaban J connectivity index is 2.55. The van der Waals surface area contributed by atoms with Gasteiger partial charge in [0, 0.05) is 6.04 Å². The number of nitrogens with one attached hydrogen (secondary N) is 2. The van der Waals surface area contributed by atoms with Crippen LogP contribution in [0.4, 0.5) is 0 Å². The maximum atomic E-state index is 11.8. The van der Waals surface area contributed by atoms with E-state index in [1.807, 2.05) is 20.8 Å². The number of hydrogen-bond acceptors (Lipinski definition) is 4. The second-order valence-electron chi connectivity index (χ2n) is 4.48. The summed E-state index contributed by atoms with van der Waals surface area (Å²) >= 11 is 6.63. The minimum atomic E-state index is -3.67. The van der Waals surface area contributed by atoms with Gasteiger partial charge in [-0.15, -0.1) is 11.3 Å². The Labute approximate surface area is 122 Å². The predicted molar refractivity (Wildman–Crippen MR) is 77.0 cm³/mol. The zero-order valence-corrected chi connectivity index (χ0v) is 13.3. The lowest BCUT2D eigenvalue weighted by molar-refractivity contribution is -0.120. The van der Waals surface area contributed by atoms with Gasteiger partial charge in [0.2, 0.25) is 5.91 Å². The summed E-state index contributed by atoms with van der Waals surface area (Å²) in [7, 11) is -3.67. The lowest BCUT2D eigenvalue weighted by atomic mass is 10.1. The molecule has 8 heteroatoms. The molecule has 0 spiro atoms. The van der Waals surface area contributed by atoms with Crippen LogP contribution < -0.4 is 10.0 Å². The molecule has 5 nitrogen and oxygen atoms in total. The molecule has 0 aromatic carbocycles. The highest BCUT2D eigenvalue weighted by molar-refractivity contribution is 7.91. The van der Waals surface area contributed by atoms with Gasteiger partial charge < -0.3 is 5.32 Å². The van der Waals surface area contributed by atoms with Crippen molar-refractivity contribution in [1.29, 1.82) is 0 Å². The average Bonchev–Trinajstić information content (AvgIpc) is 2.74. The minimum absolute atomic E-state index is 0.00631. The van der Waals surface area contributed by atoms with Gasteiger partial charge in [0.25, 0.3) is 10.0 Å². The quantitative estimate of drug-likeness (QED) is 0.838. The van der Waals surface area contributed by atoms with Crippen LogP contribution in [0.2, 0.25) is 4.34 Å². The Kier molecular flexibility index (Phi) is 5.79. The Morgan fingerprint density at radius 2 is 2.00 bits per heavy atom. The van der Waals surface area contributed by atoms with Gasteiger partial charge in [-0.3, -0.25) is 4.79 Å². The standard InChI is InChI=1S/C11H17ClN2O3S2/c1-7(2)8(3)14-10(15)6-13-19(16,17)11-5-4-9(12)18-11/h4-5,7-8,13H,6H2,1-3H3,(H,14,15)/t8-/m1/s1. The minimum Gasteiger partial charge on any atom is -0.352 e. The summed E-state index contributed by atoms with van der Waals surface area (Å²) in [6.45, 7) is 5.54. The molecule has 19 heavy (non-hydrogen) atoms. The van der Waals surface area contributed by atoms with Crippen molar-refractivity contribution in [1.82, 2.24) is 10.0 Å². The number of amides is 1. The number of sulfonamides is 1. The molecule has 0 bridgehead atoms. The molecular weight excluding hydrogens is 308 g/mol. The molecule has 108 valence electrons. The predicted octanol–water partition coefficient (Wildman–Crippen LogP) is 1.84. The first-order valence-corrected chi connectivity index (χ1v) is 8.44. The number of carbonyl (C=O) groups is 1. The highest BCUT2D eigenvalue weighted by Gasteiger charge is 2.18. The molecule has 0 unspecified atom stereocenters.